The zero-order valence-corrected chi connectivity index (χ0v) is 20.5. The van der Waals surface area contributed by atoms with Gasteiger partial charge in [-0.3, -0.25) is 9.36 Å². The third kappa shape index (κ3) is 4.59. The Balaban J connectivity index is 1.30. The summed E-state index contributed by atoms with van der Waals surface area (Å²) >= 11 is 1.48. The normalized spacial score (nSPS) is 24.8. The standard InChI is InChI=1S/C26H33N3O3S/c1-4-26(2,31)12-11-22-15-23-24(33-22)25(30)29(16-27-23)17-7-9-20(10-8-17)32-21-13-18-5-6-19(14-21)28(18)3/h7-10,15-16,18-19,21,31H,4-6,11-14H2,1-3H3/t18-,19+,21+,26?. The molecule has 2 fully saturated rings. The summed E-state index contributed by atoms with van der Waals surface area (Å²) in [6.07, 6.45) is 8.73. The molecule has 5 rings (SSSR count). The van der Waals surface area contributed by atoms with Crippen LogP contribution < -0.4 is 10.3 Å². The molecule has 4 atom stereocenters. The summed E-state index contributed by atoms with van der Waals surface area (Å²) in [4.78, 5) is 21.3. The van der Waals surface area contributed by atoms with E-state index in [2.05, 4.69) is 16.9 Å². The molecule has 2 aromatic heterocycles. The molecule has 4 heterocycles. The summed E-state index contributed by atoms with van der Waals surface area (Å²) in [6.45, 7) is 3.84. The molecule has 1 unspecified atom stereocenters. The lowest BCUT2D eigenvalue weighted by molar-refractivity contribution is 0.0475. The van der Waals surface area contributed by atoms with Gasteiger partial charge in [-0.15, -0.1) is 11.3 Å². The number of aromatic nitrogens is 2. The fourth-order valence-electron chi connectivity index (χ4n) is 5.17. The van der Waals surface area contributed by atoms with Crippen molar-refractivity contribution >= 4 is 21.6 Å². The first-order valence-electron chi connectivity index (χ1n) is 12.0. The number of aryl methyl sites for hydroxylation is 1. The minimum absolute atomic E-state index is 0.0564. The van der Waals surface area contributed by atoms with Gasteiger partial charge in [-0.05, 0) is 89.2 Å². The third-order valence-electron chi connectivity index (χ3n) is 7.63. The van der Waals surface area contributed by atoms with Gasteiger partial charge >= 0.3 is 0 Å². The Kier molecular flexibility index (Phi) is 6.05. The molecule has 2 saturated heterocycles. The summed E-state index contributed by atoms with van der Waals surface area (Å²) < 4.78 is 8.55. The van der Waals surface area contributed by atoms with Gasteiger partial charge in [0.05, 0.1) is 16.8 Å². The molecule has 176 valence electrons. The number of aliphatic hydroxyl groups is 1. The van der Waals surface area contributed by atoms with Gasteiger partial charge in [0.2, 0.25) is 0 Å². The van der Waals surface area contributed by atoms with Crippen molar-refractivity contribution in [2.24, 2.45) is 0 Å². The maximum Gasteiger partial charge on any atom is 0.275 e. The van der Waals surface area contributed by atoms with E-state index in [1.54, 1.807) is 10.9 Å². The molecular weight excluding hydrogens is 434 g/mol. The fraction of sp³-hybridized carbons (Fsp3) is 0.538. The van der Waals surface area contributed by atoms with Gasteiger partial charge in [-0.2, -0.15) is 0 Å². The molecule has 2 aliphatic heterocycles. The number of hydrogen-bond acceptors (Lipinski definition) is 6. The molecule has 1 aromatic carbocycles. The molecule has 2 aliphatic rings. The van der Waals surface area contributed by atoms with E-state index >= 15 is 0 Å². The molecule has 7 heteroatoms. The Morgan fingerprint density at radius 2 is 1.91 bits per heavy atom. The summed E-state index contributed by atoms with van der Waals surface area (Å²) in [6, 6.07) is 11.0. The molecule has 2 bridgehead atoms. The number of ether oxygens (including phenoxy) is 1. The van der Waals surface area contributed by atoms with Crippen LogP contribution in [0, 0.1) is 0 Å². The van der Waals surface area contributed by atoms with E-state index in [4.69, 9.17) is 4.74 Å². The van der Waals surface area contributed by atoms with Crippen molar-refractivity contribution in [2.45, 2.75) is 82.6 Å². The second kappa shape index (κ2) is 8.85. The predicted octanol–water partition coefficient (Wildman–Crippen LogP) is 4.54. The van der Waals surface area contributed by atoms with Crippen molar-refractivity contribution in [3.63, 3.8) is 0 Å². The Labute approximate surface area is 198 Å². The topological polar surface area (TPSA) is 67.6 Å². The number of benzene rings is 1. The molecular formula is C26H33N3O3S. The first kappa shape index (κ1) is 22.6. The Morgan fingerprint density at radius 1 is 1.21 bits per heavy atom. The van der Waals surface area contributed by atoms with E-state index in [1.807, 2.05) is 44.2 Å². The molecule has 0 amide bonds. The highest BCUT2D eigenvalue weighted by atomic mass is 32.1. The van der Waals surface area contributed by atoms with Crippen molar-refractivity contribution in [3.8, 4) is 11.4 Å². The molecule has 0 spiro atoms. The van der Waals surface area contributed by atoms with E-state index in [0.29, 0.717) is 29.6 Å². The number of fused-ring (bicyclic) bond motifs is 3. The van der Waals surface area contributed by atoms with E-state index in [0.717, 1.165) is 41.1 Å². The van der Waals surface area contributed by atoms with Crippen molar-refractivity contribution in [2.75, 3.05) is 7.05 Å². The van der Waals surface area contributed by atoms with Crippen LogP contribution in [0.1, 0.15) is 57.2 Å². The third-order valence-corrected chi connectivity index (χ3v) is 8.81. The number of nitrogens with zero attached hydrogens (tertiary/aromatic N) is 3. The first-order valence-corrected chi connectivity index (χ1v) is 12.9. The lowest BCUT2D eigenvalue weighted by atomic mass is 9.97. The van der Waals surface area contributed by atoms with Gasteiger partial charge in [-0.1, -0.05) is 6.92 Å². The summed E-state index contributed by atoms with van der Waals surface area (Å²) in [7, 11) is 2.24. The number of thiophene rings is 1. The highest BCUT2D eigenvalue weighted by molar-refractivity contribution is 7.18. The van der Waals surface area contributed by atoms with Crippen LogP contribution in [0.4, 0.5) is 0 Å². The van der Waals surface area contributed by atoms with Gasteiger partial charge in [0.1, 0.15) is 22.9 Å². The Bertz CT molecular complexity index is 1170. The van der Waals surface area contributed by atoms with Gasteiger partial charge < -0.3 is 14.7 Å². The van der Waals surface area contributed by atoms with Crippen molar-refractivity contribution in [1.29, 1.82) is 0 Å². The second-order valence-corrected chi connectivity index (χ2v) is 11.1. The van der Waals surface area contributed by atoms with Crippen molar-refractivity contribution < 1.29 is 9.84 Å². The molecule has 3 aromatic rings. The Hall–Kier alpha value is -2.22. The van der Waals surface area contributed by atoms with Crippen LogP contribution in [0.5, 0.6) is 5.75 Å². The van der Waals surface area contributed by atoms with Gasteiger partial charge in [0, 0.05) is 17.0 Å². The van der Waals surface area contributed by atoms with Crippen LogP contribution in [-0.2, 0) is 6.42 Å². The van der Waals surface area contributed by atoms with Gasteiger partial charge in [0.15, 0.2) is 0 Å². The van der Waals surface area contributed by atoms with Gasteiger partial charge in [0.25, 0.3) is 5.56 Å². The average Bonchev–Trinajstić information content (AvgIpc) is 3.30. The smallest absolute Gasteiger partial charge is 0.275 e. The number of piperidine rings is 1. The van der Waals surface area contributed by atoms with Crippen LogP contribution in [0.2, 0.25) is 0 Å². The van der Waals surface area contributed by atoms with Crippen LogP contribution in [0.25, 0.3) is 15.9 Å². The molecule has 33 heavy (non-hydrogen) atoms. The summed E-state index contributed by atoms with van der Waals surface area (Å²) in [5.41, 5.74) is 0.776. The SMILES string of the molecule is CCC(C)(O)CCc1cc2ncn(-c3ccc(O[C@H]4C[C@H]5CC[C@@H](C4)N5C)cc3)c(=O)c2s1. The average molecular weight is 468 g/mol. The molecule has 6 nitrogen and oxygen atoms in total. The zero-order chi connectivity index (χ0) is 23.2. The van der Waals surface area contributed by atoms with E-state index in [-0.39, 0.29) is 11.7 Å². The van der Waals surface area contributed by atoms with Gasteiger partial charge in [-0.25, -0.2) is 4.98 Å². The predicted molar refractivity (Wildman–Crippen MR) is 133 cm³/mol. The largest absolute Gasteiger partial charge is 0.490 e. The summed E-state index contributed by atoms with van der Waals surface area (Å²) in [5.74, 6) is 0.858. The maximum absolute atomic E-state index is 13.2. The monoisotopic (exact) mass is 467 g/mol. The Morgan fingerprint density at radius 3 is 2.58 bits per heavy atom. The lowest BCUT2D eigenvalue weighted by Crippen LogP contribution is -2.43. The highest BCUT2D eigenvalue weighted by Crippen LogP contribution is 2.36. The number of rotatable bonds is 7. The minimum Gasteiger partial charge on any atom is -0.490 e. The lowest BCUT2D eigenvalue weighted by Gasteiger charge is -2.36. The second-order valence-electron chi connectivity index (χ2n) is 9.95. The summed E-state index contributed by atoms with van der Waals surface area (Å²) in [5, 5.41) is 10.3. The van der Waals surface area contributed by atoms with E-state index in [1.165, 1.54) is 24.2 Å². The molecule has 0 aliphatic carbocycles. The van der Waals surface area contributed by atoms with E-state index < -0.39 is 5.60 Å². The van der Waals surface area contributed by atoms with Crippen LogP contribution in [0.15, 0.2) is 41.5 Å². The highest BCUT2D eigenvalue weighted by Gasteiger charge is 2.39. The van der Waals surface area contributed by atoms with E-state index in [9.17, 15) is 9.90 Å². The van der Waals surface area contributed by atoms with Crippen LogP contribution in [-0.4, -0.2) is 50.4 Å². The first-order chi connectivity index (χ1) is 15.8. The molecule has 0 saturated carbocycles. The quantitative estimate of drug-likeness (QED) is 0.552. The fourth-order valence-corrected chi connectivity index (χ4v) is 6.21. The maximum atomic E-state index is 13.2. The van der Waals surface area contributed by atoms with Crippen molar-refractivity contribution in [1.82, 2.24) is 14.5 Å². The van der Waals surface area contributed by atoms with Crippen LogP contribution >= 0.6 is 11.3 Å². The zero-order valence-electron chi connectivity index (χ0n) is 19.7. The molecule has 1 N–H and O–H groups in total. The minimum atomic E-state index is -0.680. The number of hydrogen-bond donors (Lipinski definition) is 1. The van der Waals surface area contributed by atoms with Crippen LogP contribution in [0.3, 0.4) is 0 Å². The van der Waals surface area contributed by atoms with Crippen molar-refractivity contribution in [3.05, 3.63) is 51.9 Å². The molecule has 0 radical (unpaired) electrons.